The molecule has 0 fully saturated rings. The van der Waals surface area contributed by atoms with Crippen LogP contribution in [0.15, 0.2) is 28.7 Å². The molecule has 0 aliphatic carbocycles. The molecule has 0 aromatic heterocycles. The average Bonchev–Trinajstić information content (AvgIpc) is 2.29. The molecule has 100 valence electrons. The van der Waals surface area contributed by atoms with Gasteiger partial charge in [0.1, 0.15) is 0 Å². The largest absolute Gasteiger partial charge is 0.377 e. The predicted octanol–water partition coefficient (Wildman–Crippen LogP) is 2.40. The summed E-state index contributed by atoms with van der Waals surface area (Å²) in [6.45, 7) is 5.57. The lowest BCUT2D eigenvalue weighted by Crippen LogP contribution is -2.33. The Bertz CT molecular complexity index is 385. The Balaban J connectivity index is 2.25. The standard InChI is InChI=1S/C13H19BrN2O2/c1-3-18-10(2)8-15-9-13(17)16-12-6-4-5-11(14)7-12/h4-7,10,15H,3,8-9H2,1-2H3,(H,16,17). The molecule has 0 bridgehead atoms. The lowest BCUT2D eigenvalue weighted by atomic mass is 10.3. The lowest BCUT2D eigenvalue weighted by Gasteiger charge is -2.12. The highest BCUT2D eigenvalue weighted by Crippen LogP contribution is 2.15. The van der Waals surface area contributed by atoms with Crippen molar-refractivity contribution in [3.63, 3.8) is 0 Å². The minimum Gasteiger partial charge on any atom is -0.377 e. The number of carbonyl (C=O) groups excluding carboxylic acids is 1. The topological polar surface area (TPSA) is 50.4 Å². The van der Waals surface area contributed by atoms with E-state index in [1.807, 2.05) is 38.1 Å². The van der Waals surface area contributed by atoms with Gasteiger partial charge in [-0.05, 0) is 32.0 Å². The fraction of sp³-hybridized carbons (Fsp3) is 0.462. The van der Waals surface area contributed by atoms with Crippen LogP contribution >= 0.6 is 15.9 Å². The van der Waals surface area contributed by atoms with Gasteiger partial charge in [-0.1, -0.05) is 22.0 Å². The van der Waals surface area contributed by atoms with Crippen molar-refractivity contribution in [1.29, 1.82) is 0 Å². The van der Waals surface area contributed by atoms with Gasteiger partial charge >= 0.3 is 0 Å². The maximum Gasteiger partial charge on any atom is 0.238 e. The van der Waals surface area contributed by atoms with Crippen LogP contribution in [-0.2, 0) is 9.53 Å². The van der Waals surface area contributed by atoms with Crippen LogP contribution in [0.5, 0.6) is 0 Å². The fourth-order valence-corrected chi connectivity index (χ4v) is 1.90. The van der Waals surface area contributed by atoms with E-state index >= 15 is 0 Å². The van der Waals surface area contributed by atoms with Gasteiger partial charge in [0.25, 0.3) is 0 Å². The highest BCUT2D eigenvalue weighted by Gasteiger charge is 2.04. The second kappa shape index (κ2) is 8.24. The summed E-state index contributed by atoms with van der Waals surface area (Å²) >= 11 is 3.36. The molecule has 0 spiro atoms. The molecule has 4 nitrogen and oxygen atoms in total. The molecule has 0 saturated carbocycles. The fourth-order valence-electron chi connectivity index (χ4n) is 1.50. The van der Waals surface area contributed by atoms with Gasteiger partial charge in [0.05, 0.1) is 12.6 Å². The Kier molecular flexibility index (Phi) is 6.93. The van der Waals surface area contributed by atoms with Crippen molar-refractivity contribution in [2.45, 2.75) is 20.0 Å². The third kappa shape index (κ3) is 6.14. The number of nitrogens with one attached hydrogen (secondary N) is 2. The minimum atomic E-state index is -0.0585. The van der Waals surface area contributed by atoms with Crippen LogP contribution in [-0.4, -0.2) is 31.7 Å². The number of hydrogen-bond acceptors (Lipinski definition) is 3. The van der Waals surface area contributed by atoms with Crippen molar-refractivity contribution >= 4 is 27.5 Å². The van der Waals surface area contributed by atoms with Gasteiger partial charge in [0.2, 0.25) is 5.91 Å². The summed E-state index contributed by atoms with van der Waals surface area (Å²) in [5.74, 6) is -0.0585. The van der Waals surface area contributed by atoms with Crippen molar-refractivity contribution in [2.24, 2.45) is 0 Å². The molecule has 5 heteroatoms. The SMILES string of the molecule is CCOC(C)CNCC(=O)Nc1cccc(Br)c1. The molecule has 1 atom stereocenters. The number of amides is 1. The van der Waals surface area contributed by atoms with Crippen LogP contribution < -0.4 is 10.6 Å². The molecule has 1 amide bonds. The number of carbonyl (C=O) groups is 1. The highest BCUT2D eigenvalue weighted by molar-refractivity contribution is 9.10. The van der Waals surface area contributed by atoms with E-state index in [4.69, 9.17) is 4.74 Å². The normalized spacial score (nSPS) is 12.2. The zero-order valence-electron chi connectivity index (χ0n) is 10.7. The van der Waals surface area contributed by atoms with Crippen molar-refractivity contribution in [3.8, 4) is 0 Å². The summed E-state index contributed by atoms with van der Waals surface area (Å²) in [5, 5.41) is 5.87. The Morgan fingerprint density at radius 2 is 2.28 bits per heavy atom. The highest BCUT2D eigenvalue weighted by atomic mass is 79.9. The Morgan fingerprint density at radius 1 is 1.50 bits per heavy atom. The first-order chi connectivity index (χ1) is 8.61. The summed E-state index contributed by atoms with van der Waals surface area (Å²) in [5.41, 5.74) is 0.786. The summed E-state index contributed by atoms with van der Waals surface area (Å²) in [6.07, 6.45) is 0.119. The smallest absolute Gasteiger partial charge is 0.238 e. The molecule has 1 unspecified atom stereocenters. The monoisotopic (exact) mass is 314 g/mol. The summed E-state index contributed by atoms with van der Waals surface area (Å²) < 4.78 is 6.30. The first-order valence-electron chi connectivity index (χ1n) is 5.99. The number of hydrogen-bond donors (Lipinski definition) is 2. The van der Waals surface area contributed by atoms with E-state index in [9.17, 15) is 4.79 Å². The number of rotatable bonds is 7. The van der Waals surface area contributed by atoms with E-state index in [0.29, 0.717) is 13.2 Å². The molecule has 0 aliphatic heterocycles. The molecule has 1 rings (SSSR count). The quantitative estimate of drug-likeness (QED) is 0.812. The second-order valence-electron chi connectivity index (χ2n) is 3.96. The first kappa shape index (κ1) is 15.1. The van der Waals surface area contributed by atoms with Crippen LogP contribution in [0.1, 0.15) is 13.8 Å². The molecular weight excluding hydrogens is 296 g/mol. The van der Waals surface area contributed by atoms with E-state index in [1.165, 1.54) is 0 Å². The Labute approximate surface area is 116 Å². The molecular formula is C13H19BrN2O2. The molecule has 0 saturated heterocycles. The van der Waals surface area contributed by atoms with Crippen LogP contribution in [0.2, 0.25) is 0 Å². The molecule has 2 N–H and O–H groups in total. The van der Waals surface area contributed by atoms with E-state index in [-0.39, 0.29) is 18.6 Å². The number of anilines is 1. The zero-order chi connectivity index (χ0) is 13.4. The molecule has 0 aliphatic rings. The van der Waals surface area contributed by atoms with Crippen LogP contribution in [0.25, 0.3) is 0 Å². The van der Waals surface area contributed by atoms with E-state index < -0.39 is 0 Å². The van der Waals surface area contributed by atoms with Crippen molar-refractivity contribution in [1.82, 2.24) is 5.32 Å². The van der Waals surface area contributed by atoms with Gasteiger partial charge in [-0.15, -0.1) is 0 Å². The summed E-state index contributed by atoms with van der Waals surface area (Å²) in [4.78, 5) is 11.6. The van der Waals surface area contributed by atoms with Gasteiger partial charge < -0.3 is 15.4 Å². The molecule has 1 aromatic rings. The van der Waals surface area contributed by atoms with Crippen LogP contribution in [0.3, 0.4) is 0 Å². The van der Waals surface area contributed by atoms with Gasteiger partial charge in [-0.3, -0.25) is 4.79 Å². The zero-order valence-corrected chi connectivity index (χ0v) is 12.3. The van der Waals surface area contributed by atoms with Crippen molar-refractivity contribution in [3.05, 3.63) is 28.7 Å². The van der Waals surface area contributed by atoms with E-state index in [2.05, 4.69) is 26.6 Å². The Hall–Kier alpha value is -0.910. The number of ether oxygens (including phenoxy) is 1. The third-order valence-corrected chi connectivity index (χ3v) is 2.77. The van der Waals surface area contributed by atoms with E-state index in [0.717, 1.165) is 10.2 Å². The Morgan fingerprint density at radius 3 is 2.94 bits per heavy atom. The summed E-state index contributed by atoms with van der Waals surface area (Å²) in [6, 6.07) is 7.51. The van der Waals surface area contributed by atoms with Gasteiger partial charge in [0, 0.05) is 23.3 Å². The van der Waals surface area contributed by atoms with Gasteiger partial charge in [-0.2, -0.15) is 0 Å². The lowest BCUT2D eigenvalue weighted by molar-refractivity contribution is -0.115. The van der Waals surface area contributed by atoms with Crippen LogP contribution in [0.4, 0.5) is 5.69 Å². The molecule has 0 radical (unpaired) electrons. The van der Waals surface area contributed by atoms with Gasteiger partial charge in [-0.25, -0.2) is 0 Å². The van der Waals surface area contributed by atoms with Gasteiger partial charge in [0.15, 0.2) is 0 Å². The van der Waals surface area contributed by atoms with E-state index in [1.54, 1.807) is 0 Å². The number of halogens is 1. The second-order valence-corrected chi connectivity index (χ2v) is 4.87. The molecule has 18 heavy (non-hydrogen) atoms. The maximum absolute atomic E-state index is 11.6. The van der Waals surface area contributed by atoms with Crippen LogP contribution in [0, 0.1) is 0 Å². The molecule has 1 aromatic carbocycles. The maximum atomic E-state index is 11.6. The first-order valence-corrected chi connectivity index (χ1v) is 6.79. The predicted molar refractivity (Wildman–Crippen MR) is 76.7 cm³/mol. The average molecular weight is 315 g/mol. The minimum absolute atomic E-state index is 0.0585. The molecule has 0 heterocycles. The van der Waals surface area contributed by atoms with Crippen molar-refractivity contribution < 1.29 is 9.53 Å². The third-order valence-electron chi connectivity index (χ3n) is 2.28. The van der Waals surface area contributed by atoms with Crippen molar-refractivity contribution in [2.75, 3.05) is 25.0 Å². The number of benzene rings is 1. The summed E-state index contributed by atoms with van der Waals surface area (Å²) in [7, 11) is 0.